The maximum absolute atomic E-state index is 13.8. The molecule has 1 unspecified atom stereocenters. The molecule has 0 spiro atoms. The van der Waals surface area contributed by atoms with Gasteiger partial charge < -0.3 is 0 Å². The van der Waals surface area contributed by atoms with Gasteiger partial charge in [0.2, 0.25) is 10.0 Å². The van der Waals surface area contributed by atoms with Crippen LogP contribution in [0, 0.1) is 11.6 Å². The highest BCUT2D eigenvalue weighted by Crippen LogP contribution is 2.36. The van der Waals surface area contributed by atoms with Gasteiger partial charge >= 0.3 is 0 Å². The SMILES string of the molecule is O=C1c2ccccc2C(=O)N1CC1c2ccccc2CCN1S(=O)(=O)c1ccc(F)c(F)c1. The lowest BCUT2D eigenvalue weighted by Gasteiger charge is -2.37. The third-order valence-corrected chi connectivity index (χ3v) is 8.00. The van der Waals surface area contributed by atoms with Gasteiger partial charge in [0.05, 0.1) is 28.6 Å². The van der Waals surface area contributed by atoms with E-state index in [-0.39, 0.29) is 24.2 Å². The van der Waals surface area contributed by atoms with Crippen molar-refractivity contribution in [2.45, 2.75) is 17.4 Å². The number of amides is 2. The quantitative estimate of drug-likeness (QED) is 0.549. The van der Waals surface area contributed by atoms with Crippen LogP contribution in [0.1, 0.15) is 37.9 Å². The van der Waals surface area contributed by atoms with E-state index in [1.54, 1.807) is 36.4 Å². The average molecular weight is 468 g/mol. The molecule has 5 rings (SSSR count). The molecule has 3 aromatic rings. The second kappa shape index (κ2) is 7.86. The van der Waals surface area contributed by atoms with E-state index in [0.29, 0.717) is 18.1 Å². The smallest absolute Gasteiger partial charge is 0.261 e. The van der Waals surface area contributed by atoms with Crippen molar-refractivity contribution in [2.24, 2.45) is 0 Å². The second-order valence-electron chi connectivity index (χ2n) is 7.92. The summed E-state index contributed by atoms with van der Waals surface area (Å²) in [6.07, 6.45) is 0.400. The van der Waals surface area contributed by atoms with Crippen molar-refractivity contribution < 1.29 is 26.8 Å². The van der Waals surface area contributed by atoms with Crippen LogP contribution in [0.25, 0.3) is 0 Å². The van der Waals surface area contributed by atoms with Crippen molar-refractivity contribution in [3.8, 4) is 0 Å². The number of halogens is 2. The number of nitrogens with zero attached hydrogens (tertiary/aromatic N) is 2. The number of hydrogen-bond acceptors (Lipinski definition) is 4. The van der Waals surface area contributed by atoms with Gasteiger partial charge in [-0.05, 0) is 47.9 Å². The predicted molar refractivity (Wildman–Crippen MR) is 115 cm³/mol. The van der Waals surface area contributed by atoms with Gasteiger partial charge in [-0.1, -0.05) is 36.4 Å². The lowest BCUT2D eigenvalue weighted by molar-refractivity contribution is 0.0616. The molecule has 2 aliphatic rings. The summed E-state index contributed by atoms with van der Waals surface area (Å²) in [4.78, 5) is 26.5. The number of benzene rings is 3. The lowest BCUT2D eigenvalue weighted by Crippen LogP contribution is -2.46. The molecule has 0 N–H and O–H groups in total. The highest BCUT2D eigenvalue weighted by atomic mass is 32.2. The Morgan fingerprint density at radius 1 is 0.848 bits per heavy atom. The third kappa shape index (κ3) is 3.44. The van der Waals surface area contributed by atoms with Gasteiger partial charge in [0.15, 0.2) is 11.6 Å². The summed E-state index contributed by atoms with van der Waals surface area (Å²) in [6, 6.07) is 15.2. The van der Waals surface area contributed by atoms with Crippen LogP contribution >= 0.6 is 0 Å². The number of hydrogen-bond donors (Lipinski definition) is 0. The molecule has 0 aliphatic carbocycles. The number of carbonyl (C=O) groups excluding carboxylic acids is 2. The van der Waals surface area contributed by atoms with Gasteiger partial charge in [-0.2, -0.15) is 4.31 Å². The summed E-state index contributed by atoms with van der Waals surface area (Å²) in [6.45, 7) is -0.140. The molecule has 0 bridgehead atoms. The molecule has 6 nitrogen and oxygen atoms in total. The van der Waals surface area contributed by atoms with Crippen molar-refractivity contribution >= 4 is 21.8 Å². The molecule has 0 fully saturated rings. The second-order valence-corrected chi connectivity index (χ2v) is 9.81. The zero-order valence-electron chi connectivity index (χ0n) is 17.2. The van der Waals surface area contributed by atoms with Gasteiger partial charge in [0.1, 0.15) is 0 Å². The number of rotatable bonds is 4. The van der Waals surface area contributed by atoms with E-state index in [4.69, 9.17) is 0 Å². The predicted octanol–water partition coefficient (Wildman–Crippen LogP) is 3.55. The van der Waals surface area contributed by atoms with Crippen molar-refractivity contribution in [3.05, 3.63) is 101 Å². The molecule has 2 amide bonds. The summed E-state index contributed by atoms with van der Waals surface area (Å²) in [7, 11) is -4.26. The summed E-state index contributed by atoms with van der Waals surface area (Å²) in [5.74, 6) is -3.42. The van der Waals surface area contributed by atoms with Crippen LogP contribution in [0.5, 0.6) is 0 Å². The minimum Gasteiger partial charge on any atom is -0.272 e. The van der Waals surface area contributed by atoms with E-state index >= 15 is 0 Å². The molecule has 33 heavy (non-hydrogen) atoms. The summed E-state index contributed by atoms with van der Waals surface area (Å²) >= 11 is 0. The maximum atomic E-state index is 13.8. The summed E-state index contributed by atoms with van der Waals surface area (Å²) in [5.41, 5.74) is 2.09. The molecular weight excluding hydrogens is 450 g/mol. The monoisotopic (exact) mass is 468 g/mol. The van der Waals surface area contributed by atoms with E-state index in [2.05, 4.69) is 0 Å². The van der Waals surface area contributed by atoms with Crippen LogP contribution < -0.4 is 0 Å². The van der Waals surface area contributed by atoms with E-state index in [1.807, 2.05) is 12.1 Å². The van der Waals surface area contributed by atoms with Crippen LogP contribution in [0.3, 0.4) is 0 Å². The first kappa shape index (κ1) is 21.4. The zero-order chi connectivity index (χ0) is 23.3. The van der Waals surface area contributed by atoms with Crippen LogP contribution in [0.15, 0.2) is 71.6 Å². The van der Waals surface area contributed by atoms with Crippen LogP contribution in [-0.2, 0) is 16.4 Å². The highest BCUT2D eigenvalue weighted by Gasteiger charge is 2.42. The molecule has 2 heterocycles. The minimum atomic E-state index is -4.26. The van der Waals surface area contributed by atoms with Gasteiger partial charge in [-0.3, -0.25) is 14.5 Å². The van der Waals surface area contributed by atoms with Crippen LogP contribution in [-0.4, -0.2) is 42.5 Å². The zero-order valence-corrected chi connectivity index (χ0v) is 18.1. The minimum absolute atomic E-state index is 0.0617. The van der Waals surface area contributed by atoms with Crippen molar-refractivity contribution in [2.75, 3.05) is 13.1 Å². The molecule has 3 aromatic carbocycles. The van der Waals surface area contributed by atoms with Gasteiger partial charge in [0, 0.05) is 6.54 Å². The Balaban J connectivity index is 1.57. The van der Waals surface area contributed by atoms with Crippen LogP contribution in [0.2, 0.25) is 0 Å². The Bertz CT molecular complexity index is 1370. The van der Waals surface area contributed by atoms with E-state index < -0.39 is 44.4 Å². The van der Waals surface area contributed by atoms with Crippen molar-refractivity contribution in [3.63, 3.8) is 0 Å². The lowest BCUT2D eigenvalue weighted by atomic mass is 9.94. The summed E-state index contributed by atoms with van der Waals surface area (Å²) < 4.78 is 55.4. The van der Waals surface area contributed by atoms with Gasteiger partial charge in [0.25, 0.3) is 11.8 Å². The van der Waals surface area contributed by atoms with Crippen LogP contribution in [0.4, 0.5) is 8.78 Å². The fraction of sp³-hybridized carbons (Fsp3) is 0.167. The molecule has 168 valence electrons. The Kier molecular flexibility index (Phi) is 5.10. The Hall–Kier alpha value is -3.43. The normalized spacial score (nSPS) is 18.4. The topological polar surface area (TPSA) is 74.8 Å². The number of fused-ring (bicyclic) bond motifs is 2. The molecule has 0 aromatic heterocycles. The number of imide groups is 1. The molecular formula is C24H18F2N2O4S. The fourth-order valence-electron chi connectivity index (χ4n) is 4.46. The number of carbonyl (C=O) groups is 2. The molecule has 1 atom stereocenters. The first-order valence-corrected chi connectivity index (χ1v) is 11.7. The Morgan fingerprint density at radius 2 is 1.48 bits per heavy atom. The Labute approximate surface area is 189 Å². The first-order chi connectivity index (χ1) is 15.8. The fourth-order valence-corrected chi connectivity index (χ4v) is 6.07. The molecule has 0 saturated heterocycles. The first-order valence-electron chi connectivity index (χ1n) is 10.3. The molecule has 0 radical (unpaired) electrons. The van der Waals surface area contributed by atoms with Gasteiger partial charge in [-0.25, -0.2) is 17.2 Å². The molecule has 0 saturated carbocycles. The van der Waals surface area contributed by atoms with Crippen molar-refractivity contribution in [1.29, 1.82) is 0 Å². The molecule has 9 heteroatoms. The van der Waals surface area contributed by atoms with Crippen molar-refractivity contribution in [1.82, 2.24) is 9.21 Å². The largest absolute Gasteiger partial charge is 0.272 e. The standard InChI is InChI=1S/C24H18F2N2O4S/c25-20-10-9-16(13-21(20)26)33(31,32)28-12-11-15-5-1-2-6-17(15)22(28)14-27-23(29)18-7-3-4-8-19(18)24(27)30/h1-10,13,22H,11-12,14H2. The number of sulfonamides is 1. The van der Waals surface area contributed by atoms with E-state index in [9.17, 15) is 26.8 Å². The average Bonchev–Trinajstić information content (AvgIpc) is 3.06. The van der Waals surface area contributed by atoms with Gasteiger partial charge in [-0.15, -0.1) is 0 Å². The summed E-state index contributed by atoms with van der Waals surface area (Å²) in [5, 5.41) is 0. The third-order valence-electron chi connectivity index (χ3n) is 6.09. The Morgan fingerprint density at radius 3 is 2.15 bits per heavy atom. The molecule has 2 aliphatic heterocycles. The maximum Gasteiger partial charge on any atom is 0.261 e. The van der Waals surface area contributed by atoms with E-state index in [1.165, 1.54) is 0 Å². The van der Waals surface area contributed by atoms with E-state index in [0.717, 1.165) is 26.9 Å². The highest BCUT2D eigenvalue weighted by molar-refractivity contribution is 7.89.